The Balaban J connectivity index is 1.41. The molecule has 0 bridgehead atoms. The Morgan fingerprint density at radius 2 is 2.28 bits per heavy atom. The van der Waals surface area contributed by atoms with E-state index in [9.17, 15) is 4.79 Å². The number of rotatable bonds is 5. The van der Waals surface area contributed by atoms with Crippen molar-refractivity contribution in [2.24, 2.45) is 5.92 Å². The maximum Gasteiger partial charge on any atom is 0.317 e. The second kappa shape index (κ2) is 8.14. The fourth-order valence-corrected chi connectivity index (χ4v) is 3.71. The van der Waals surface area contributed by atoms with Crippen molar-refractivity contribution >= 4 is 6.03 Å². The minimum atomic E-state index is 0.0387. The molecule has 0 spiro atoms. The lowest BCUT2D eigenvalue weighted by atomic mass is 9.98. The summed E-state index contributed by atoms with van der Waals surface area (Å²) in [6, 6.07) is 0.0503. The summed E-state index contributed by atoms with van der Waals surface area (Å²) in [5, 5.41) is 11.0. The Morgan fingerprint density at radius 1 is 1.40 bits per heavy atom. The number of nitrogens with one attached hydrogen (secondary N) is 1. The number of hydrogen-bond donors (Lipinski definition) is 1. The molecule has 1 N–H and O–H groups in total. The number of hydrogen-bond acceptors (Lipinski definition) is 5. The first-order valence-corrected chi connectivity index (χ1v) is 9.24. The lowest BCUT2D eigenvalue weighted by Gasteiger charge is -2.42. The summed E-state index contributed by atoms with van der Waals surface area (Å²) in [6.45, 7) is 10.8. The number of morpholine rings is 1. The first-order chi connectivity index (χ1) is 12.0. The molecule has 2 amide bonds. The summed E-state index contributed by atoms with van der Waals surface area (Å²) in [4.78, 5) is 16.8. The van der Waals surface area contributed by atoms with E-state index in [1.54, 1.807) is 6.20 Å². The van der Waals surface area contributed by atoms with E-state index in [1.165, 1.54) is 0 Å². The molecule has 3 heterocycles. The fourth-order valence-electron chi connectivity index (χ4n) is 3.71. The molecule has 2 fully saturated rings. The standard InChI is InChI=1S/C17H30N6O2/c1-17(2)14-25-11-10-22(17)8-5-18-16(24)21-7-3-4-15(12-21)13-23-9-6-19-20-23/h6,9,15H,3-5,7-8,10-14H2,1-2H3,(H,18,24). The van der Waals surface area contributed by atoms with Gasteiger partial charge in [-0.3, -0.25) is 9.58 Å². The Labute approximate surface area is 149 Å². The van der Waals surface area contributed by atoms with Gasteiger partial charge in [0.05, 0.1) is 19.4 Å². The van der Waals surface area contributed by atoms with E-state index in [1.807, 2.05) is 15.8 Å². The topological polar surface area (TPSA) is 75.5 Å². The summed E-state index contributed by atoms with van der Waals surface area (Å²) in [5.41, 5.74) is 0.0387. The zero-order valence-corrected chi connectivity index (χ0v) is 15.4. The molecule has 3 rings (SSSR count). The molecule has 2 aliphatic heterocycles. The second-order valence-electron chi connectivity index (χ2n) is 7.66. The van der Waals surface area contributed by atoms with Gasteiger partial charge in [0.15, 0.2) is 0 Å². The molecule has 2 saturated heterocycles. The van der Waals surface area contributed by atoms with Crippen LogP contribution in [0.2, 0.25) is 0 Å². The first-order valence-electron chi connectivity index (χ1n) is 9.24. The van der Waals surface area contributed by atoms with Crippen LogP contribution in [-0.4, -0.2) is 82.3 Å². The van der Waals surface area contributed by atoms with Crippen LogP contribution >= 0.6 is 0 Å². The van der Waals surface area contributed by atoms with E-state index in [0.29, 0.717) is 12.5 Å². The number of piperidine rings is 1. The number of ether oxygens (including phenoxy) is 1. The summed E-state index contributed by atoms with van der Waals surface area (Å²) in [5.74, 6) is 0.444. The molecule has 0 radical (unpaired) electrons. The molecule has 1 atom stereocenters. The van der Waals surface area contributed by atoms with Crippen LogP contribution in [0, 0.1) is 5.92 Å². The molecule has 1 aromatic heterocycles. The third-order valence-corrected chi connectivity index (χ3v) is 5.20. The van der Waals surface area contributed by atoms with Gasteiger partial charge in [-0.2, -0.15) is 0 Å². The first kappa shape index (κ1) is 18.1. The van der Waals surface area contributed by atoms with Gasteiger partial charge in [0, 0.05) is 51.0 Å². The van der Waals surface area contributed by atoms with Crippen LogP contribution in [0.1, 0.15) is 26.7 Å². The highest BCUT2D eigenvalue weighted by Crippen LogP contribution is 2.19. The minimum absolute atomic E-state index is 0.0387. The van der Waals surface area contributed by atoms with E-state index in [-0.39, 0.29) is 11.6 Å². The van der Waals surface area contributed by atoms with Crippen molar-refractivity contribution in [1.29, 1.82) is 0 Å². The predicted octanol–water partition coefficient (Wildman–Crippen LogP) is 0.811. The summed E-state index contributed by atoms with van der Waals surface area (Å²) >= 11 is 0. The van der Waals surface area contributed by atoms with Gasteiger partial charge in [0.2, 0.25) is 0 Å². The summed E-state index contributed by atoms with van der Waals surface area (Å²) < 4.78 is 7.40. The summed E-state index contributed by atoms with van der Waals surface area (Å²) in [7, 11) is 0. The third-order valence-electron chi connectivity index (χ3n) is 5.20. The van der Waals surface area contributed by atoms with Crippen LogP contribution in [0.4, 0.5) is 4.79 Å². The minimum Gasteiger partial charge on any atom is -0.378 e. The number of carbonyl (C=O) groups excluding carboxylic acids is 1. The molecule has 8 heteroatoms. The molecular weight excluding hydrogens is 320 g/mol. The average molecular weight is 350 g/mol. The zero-order chi connectivity index (χ0) is 17.7. The summed E-state index contributed by atoms with van der Waals surface area (Å²) in [6.07, 6.45) is 5.75. The number of carbonyl (C=O) groups is 1. The van der Waals surface area contributed by atoms with Crippen LogP contribution < -0.4 is 5.32 Å². The monoisotopic (exact) mass is 350 g/mol. The van der Waals surface area contributed by atoms with Gasteiger partial charge in [-0.15, -0.1) is 5.10 Å². The van der Waals surface area contributed by atoms with Gasteiger partial charge in [-0.05, 0) is 32.6 Å². The van der Waals surface area contributed by atoms with Crippen LogP contribution in [-0.2, 0) is 11.3 Å². The van der Waals surface area contributed by atoms with E-state index in [2.05, 4.69) is 34.4 Å². The highest BCUT2D eigenvalue weighted by molar-refractivity contribution is 5.74. The Hall–Kier alpha value is -1.67. The largest absolute Gasteiger partial charge is 0.378 e. The molecule has 1 unspecified atom stereocenters. The van der Waals surface area contributed by atoms with Gasteiger partial charge in [-0.1, -0.05) is 5.21 Å². The highest BCUT2D eigenvalue weighted by atomic mass is 16.5. The quantitative estimate of drug-likeness (QED) is 0.851. The van der Waals surface area contributed by atoms with Crippen molar-refractivity contribution in [3.8, 4) is 0 Å². The number of aromatic nitrogens is 3. The zero-order valence-electron chi connectivity index (χ0n) is 15.4. The number of amides is 2. The van der Waals surface area contributed by atoms with E-state index >= 15 is 0 Å². The molecule has 2 aliphatic rings. The molecule has 0 aromatic carbocycles. The molecule has 0 saturated carbocycles. The number of urea groups is 1. The van der Waals surface area contributed by atoms with Crippen LogP contribution in [0.5, 0.6) is 0 Å². The molecule has 8 nitrogen and oxygen atoms in total. The Morgan fingerprint density at radius 3 is 3.04 bits per heavy atom. The van der Waals surface area contributed by atoms with Gasteiger partial charge < -0.3 is 15.0 Å². The van der Waals surface area contributed by atoms with Gasteiger partial charge in [-0.25, -0.2) is 4.79 Å². The SMILES string of the molecule is CC1(C)COCCN1CCNC(=O)N1CCCC(Cn2ccnn2)C1. The third kappa shape index (κ3) is 4.92. The maximum atomic E-state index is 12.5. The van der Waals surface area contributed by atoms with Gasteiger partial charge in [0.1, 0.15) is 0 Å². The molecule has 0 aliphatic carbocycles. The van der Waals surface area contributed by atoms with Crippen molar-refractivity contribution in [3.05, 3.63) is 12.4 Å². The lowest BCUT2D eigenvalue weighted by Crippen LogP contribution is -2.55. The van der Waals surface area contributed by atoms with Crippen molar-refractivity contribution < 1.29 is 9.53 Å². The molecule has 25 heavy (non-hydrogen) atoms. The highest BCUT2D eigenvalue weighted by Gasteiger charge is 2.30. The number of nitrogens with zero attached hydrogens (tertiary/aromatic N) is 5. The van der Waals surface area contributed by atoms with E-state index in [4.69, 9.17) is 4.74 Å². The number of likely N-dealkylation sites (tertiary alicyclic amines) is 1. The van der Waals surface area contributed by atoms with Crippen molar-refractivity contribution in [1.82, 2.24) is 30.1 Å². The smallest absolute Gasteiger partial charge is 0.317 e. The maximum absolute atomic E-state index is 12.5. The van der Waals surface area contributed by atoms with Crippen LogP contribution in [0.3, 0.4) is 0 Å². The van der Waals surface area contributed by atoms with Crippen molar-refractivity contribution in [2.45, 2.75) is 38.8 Å². The molecule has 140 valence electrons. The second-order valence-corrected chi connectivity index (χ2v) is 7.66. The average Bonchev–Trinajstić information content (AvgIpc) is 3.09. The predicted molar refractivity (Wildman–Crippen MR) is 94.2 cm³/mol. The Kier molecular flexibility index (Phi) is 5.90. The van der Waals surface area contributed by atoms with Crippen LogP contribution in [0.15, 0.2) is 12.4 Å². The Bertz CT molecular complexity index is 547. The van der Waals surface area contributed by atoms with Gasteiger partial charge in [0.25, 0.3) is 0 Å². The van der Waals surface area contributed by atoms with E-state index < -0.39 is 0 Å². The van der Waals surface area contributed by atoms with Gasteiger partial charge >= 0.3 is 6.03 Å². The fraction of sp³-hybridized carbons (Fsp3) is 0.824. The van der Waals surface area contributed by atoms with Crippen LogP contribution in [0.25, 0.3) is 0 Å². The lowest BCUT2D eigenvalue weighted by molar-refractivity contribution is -0.0498. The van der Waals surface area contributed by atoms with Crippen molar-refractivity contribution in [2.75, 3.05) is 45.9 Å². The van der Waals surface area contributed by atoms with Crippen molar-refractivity contribution in [3.63, 3.8) is 0 Å². The molecule has 1 aromatic rings. The molecular formula is C17H30N6O2. The normalized spacial score (nSPS) is 24.2. The van der Waals surface area contributed by atoms with E-state index in [0.717, 1.165) is 58.8 Å².